The second-order valence-corrected chi connectivity index (χ2v) is 5.38. The molecule has 1 aromatic carbocycles. The topological polar surface area (TPSA) is 41.6 Å². The van der Waals surface area contributed by atoms with Crippen LogP contribution in [0.25, 0.3) is 0 Å². The molecule has 2 aliphatic rings. The monoisotopic (exact) mass is 260 g/mol. The van der Waals surface area contributed by atoms with Gasteiger partial charge in [-0.1, -0.05) is 6.92 Å². The number of rotatable bonds is 2. The Morgan fingerprint density at radius 1 is 1.32 bits per heavy atom. The lowest BCUT2D eigenvalue weighted by molar-refractivity contribution is 0.0990. The Labute approximate surface area is 113 Å². The van der Waals surface area contributed by atoms with E-state index in [2.05, 4.69) is 23.2 Å². The molecule has 1 fully saturated rings. The molecule has 3 rings (SSSR count). The second kappa shape index (κ2) is 4.85. The molecule has 1 atom stereocenters. The number of hydrogen-bond donors (Lipinski definition) is 1. The number of benzene rings is 1. The first-order valence-corrected chi connectivity index (χ1v) is 6.91. The summed E-state index contributed by atoms with van der Waals surface area (Å²) >= 11 is 0. The maximum absolute atomic E-state index is 12.0. The molecule has 1 aliphatic heterocycles. The summed E-state index contributed by atoms with van der Waals surface area (Å²) in [6.45, 7) is 6.08. The zero-order valence-electron chi connectivity index (χ0n) is 11.5. The summed E-state index contributed by atoms with van der Waals surface area (Å²) in [4.78, 5) is 14.3. The molecule has 102 valence electrons. The van der Waals surface area contributed by atoms with Crippen molar-refractivity contribution in [2.75, 3.05) is 38.2 Å². The van der Waals surface area contributed by atoms with E-state index in [9.17, 15) is 4.79 Å². The van der Waals surface area contributed by atoms with E-state index in [1.165, 1.54) is 5.56 Å². The summed E-state index contributed by atoms with van der Waals surface area (Å²) in [6, 6.07) is 4.09. The van der Waals surface area contributed by atoms with Crippen LogP contribution in [0.1, 0.15) is 35.2 Å². The average molecular weight is 260 g/mol. The molecule has 0 bridgehead atoms. The van der Waals surface area contributed by atoms with Crippen molar-refractivity contribution < 1.29 is 9.53 Å². The van der Waals surface area contributed by atoms with Gasteiger partial charge in [0.2, 0.25) is 0 Å². The van der Waals surface area contributed by atoms with Crippen molar-refractivity contribution in [1.82, 2.24) is 5.32 Å². The molecule has 1 heterocycles. The molecular formula is C15H20N2O2. The molecule has 4 heteroatoms. The van der Waals surface area contributed by atoms with Crippen LogP contribution in [0.2, 0.25) is 0 Å². The predicted molar refractivity (Wildman–Crippen MR) is 75.4 cm³/mol. The minimum atomic E-state index is 0.243. The van der Waals surface area contributed by atoms with Gasteiger partial charge in [0.05, 0.1) is 12.8 Å². The molecule has 0 radical (unpaired) electrons. The van der Waals surface area contributed by atoms with Gasteiger partial charge in [-0.15, -0.1) is 0 Å². The van der Waals surface area contributed by atoms with E-state index >= 15 is 0 Å². The van der Waals surface area contributed by atoms with Crippen LogP contribution in [0, 0.1) is 0 Å². The summed E-state index contributed by atoms with van der Waals surface area (Å²) in [5.41, 5.74) is 3.16. The first kappa shape index (κ1) is 12.5. The summed E-state index contributed by atoms with van der Waals surface area (Å²) in [5, 5.41) is 3.35. The van der Waals surface area contributed by atoms with E-state index < -0.39 is 0 Å². The van der Waals surface area contributed by atoms with Crippen LogP contribution < -0.4 is 15.0 Å². The van der Waals surface area contributed by atoms with Crippen LogP contribution >= 0.6 is 0 Å². The minimum absolute atomic E-state index is 0.243. The Morgan fingerprint density at radius 3 is 2.74 bits per heavy atom. The van der Waals surface area contributed by atoms with E-state index in [1.807, 2.05) is 6.07 Å². The number of nitrogens with one attached hydrogen (secondary N) is 1. The zero-order valence-corrected chi connectivity index (χ0v) is 11.5. The highest BCUT2D eigenvalue weighted by Crippen LogP contribution is 2.40. The molecule has 4 nitrogen and oxygen atoms in total. The van der Waals surface area contributed by atoms with Gasteiger partial charge in [-0.25, -0.2) is 0 Å². The Bertz CT molecular complexity index is 507. The average Bonchev–Trinajstić information content (AvgIpc) is 2.73. The van der Waals surface area contributed by atoms with E-state index in [0.29, 0.717) is 12.3 Å². The highest BCUT2D eigenvalue weighted by atomic mass is 16.5. The molecule has 1 aromatic rings. The normalized spacial score (nSPS) is 22.5. The predicted octanol–water partition coefficient (Wildman–Crippen LogP) is 1.79. The molecular weight excluding hydrogens is 240 g/mol. The van der Waals surface area contributed by atoms with Crippen LogP contribution in [0.15, 0.2) is 12.1 Å². The summed E-state index contributed by atoms with van der Waals surface area (Å²) in [6.07, 6.45) is 0.628. The molecule has 1 N–H and O–H groups in total. The molecule has 0 amide bonds. The third-order valence-corrected chi connectivity index (χ3v) is 4.13. The fourth-order valence-electron chi connectivity index (χ4n) is 3.05. The van der Waals surface area contributed by atoms with Crippen molar-refractivity contribution in [1.29, 1.82) is 0 Å². The van der Waals surface area contributed by atoms with Gasteiger partial charge in [-0.05, 0) is 23.6 Å². The van der Waals surface area contributed by atoms with Crippen LogP contribution in [-0.2, 0) is 0 Å². The van der Waals surface area contributed by atoms with Crippen LogP contribution in [0.4, 0.5) is 5.69 Å². The van der Waals surface area contributed by atoms with Crippen molar-refractivity contribution in [2.24, 2.45) is 0 Å². The third kappa shape index (κ3) is 2.10. The molecule has 1 aliphatic carbocycles. The SMILES string of the molecule is COc1cc2c(cc1N1CCNCC1)C(C)CC2=O. The Hall–Kier alpha value is -1.55. The van der Waals surface area contributed by atoms with Gasteiger partial charge >= 0.3 is 0 Å². The Morgan fingerprint density at radius 2 is 2.05 bits per heavy atom. The maximum atomic E-state index is 12.0. The van der Waals surface area contributed by atoms with Crippen molar-refractivity contribution in [3.8, 4) is 5.75 Å². The summed E-state index contributed by atoms with van der Waals surface area (Å²) < 4.78 is 5.49. The van der Waals surface area contributed by atoms with Gasteiger partial charge in [-0.2, -0.15) is 0 Å². The highest BCUT2D eigenvalue weighted by Gasteiger charge is 2.29. The number of hydrogen-bond acceptors (Lipinski definition) is 4. The number of piperazine rings is 1. The van der Waals surface area contributed by atoms with Crippen molar-refractivity contribution >= 4 is 11.5 Å². The van der Waals surface area contributed by atoms with E-state index in [0.717, 1.165) is 43.2 Å². The third-order valence-electron chi connectivity index (χ3n) is 4.13. The van der Waals surface area contributed by atoms with Crippen molar-refractivity contribution in [2.45, 2.75) is 19.3 Å². The quantitative estimate of drug-likeness (QED) is 0.880. The maximum Gasteiger partial charge on any atom is 0.163 e. The highest BCUT2D eigenvalue weighted by molar-refractivity contribution is 6.02. The summed E-state index contributed by atoms with van der Waals surface area (Å²) in [5.74, 6) is 1.39. The number of carbonyl (C=O) groups excluding carboxylic acids is 1. The lowest BCUT2D eigenvalue weighted by Gasteiger charge is -2.31. The molecule has 19 heavy (non-hydrogen) atoms. The van der Waals surface area contributed by atoms with E-state index in [-0.39, 0.29) is 5.78 Å². The number of methoxy groups -OCH3 is 1. The van der Waals surface area contributed by atoms with Gasteiger partial charge in [-0.3, -0.25) is 4.79 Å². The van der Waals surface area contributed by atoms with Gasteiger partial charge < -0.3 is 15.0 Å². The van der Waals surface area contributed by atoms with E-state index in [4.69, 9.17) is 4.74 Å². The Kier molecular flexibility index (Phi) is 3.19. The van der Waals surface area contributed by atoms with Gasteiger partial charge in [0.15, 0.2) is 5.78 Å². The fraction of sp³-hybridized carbons (Fsp3) is 0.533. The van der Waals surface area contributed by atoms with Crippen molar-refractivity contribution in [3.05, 3.63) is 23.3 Å². The minimum Gasteiger partial charge on any atom is -0.495 e. The number of anilines is 1. The van der Waals surface area contributed by atoms with Gasteiger partial charge in [0.25, 0.3) is 0 Å². The second-order valence-electron chi connectivity index (χ2n) is 5.38. The lowest BCUT2D eigenvalue weighted by Crippen LogP contribution is -2.43. The Balaban J connectivity index is 2.04. The number of Topliss-reactive ketones (excluding diaryl/α,β-unsaturated/α-hetero) is 1. The van der Waals surface area contributed by atoms with Crippen molar-refractivity contribution in [3.63, 3.8) is 0 Å². The smallest absolute Gasteiger partial charge is 0.163 e. The van der Waals surface area contributed by atoms with Crippen LogP contribution in [0.5, 0.6) is 5.75 Å². The van der Waals surface area contributed by atoms with Gasteiger partial charge in [0, 0.05) is 38.2 Å². The number of ether oxygens (including phenoxy) is 1. The first-order valence-electron chi connectivity index (χ1n) is 6.91. The largest absolute Gasteiger partial charge is 0.495 e. The van der Waals surface area contributed by atoms with Gasteiger partial charge in [0.1, 0.15) is 5.75 Å². The number of fused-ring (bicyclic) bond motifs is 1. The molecule has 0 saturated carbocycles. The standard InChI is InChI=1S/C15H20N2O2/c1-10-7-14(18)12-9-15(19-2)13(8-11(10)12)17-5-3-16-4-6-17/h8-10,16H,3-7H2,1-2H3. The zero-order chi connectivity index (χ0) is 13.4. The fourth-order valence-corrected chi connectivity index (χ4v) is 3.05. The number of ketones is 1. The number of nitrogens with zero attached hydrogens (tertiary/aromatic N) is 1. The van der Waals surface area contributed by atoms with Crippen LogP contribution in [-0.4, -0.2) is 39.1 Å². The lowest BCUT2D eigenvalue weighted by atomic mass is 10.0. The first-order chi connectivity index (χ1) is 9.20. The molecule has 1 unspecified atom stereocenters. The molecule has 1 saturated heterocycles. The number of carbonyl (C=O) groups is 1. The van der Waals surface area contributed by atoms with Crippen LogP contribution in [0.3, 0.4) is 0 Å². The van der Waals surface area contributed by atoms with E-state index in [1.54, 1.807) is 7.11 Å². The summed E-state index contributed by atoms with van der Waals surface area (Å²) in [7, 11) is 1.68. The molecule has 0 aromatic heterocycles. The molecule has 0 spiro atoms.